The van der Waals surface area contributed by atoms with Gasteiger partial charge in [-0.1, -0.05) is 44.7 Å². The van der Waals surface area contributed by atoms with Gasteiger partial charge in [0, 0.05) is 55.8 Å². The Kier molecular flexibility index (Phi) is 11.2. The van der Waals surface area contributed by atoms with Crippen molar-refractivity contribution < 1.29 is 9.90 Å². The lowest BCUT2D eigenvalue weighted by Crippen LogP contribution is -2.35. The molecule has 38 heavy (non-hydrogen) atoms. The number of aryl methyl sites for hydroxylation is 1. The van der Waals surface area contributed by atoms with Gasteiger partial charge in [0.15, 0.2) is 5.78 Å². The van der Waals surface area contributed by atoms with Gasteiger partial charge >= 0.3 is 0 Å². The second-order valence-corrected chi connectivity index (χ2v) is 10.1. The van der Waals surface area contributed by atoms with Crippen molar-refractivity contribution in [2.45, 2.75) is 71.4 Å². The lowest BCUT2D eigenvalue weighted by Gasteiger charge is -2.29. The summed E-state index contributed by atoms with van der Waals surface area (Å²) in [5.74, 6) is 0.332. The number of likely N-dealkylation sites (tertiary alicyclic amines) is 1. The molecule has 1 aliphatic rings. The van der Waals surface area contributed by atoms with Gasteiger partial charge in [-0.15, -0.1) is 0 Å². The van der Waals surface area contributed by atoms with E-state index in [9.17, 15) is 9.90 Å². The van der Waals surface area contributed by atoms with Gasteiger partial charge in [0.05, 0.1) is 6.10 Å². The highest BCUT2D eigenvalue weighted by molar-refractivity contribution is 6.20. The van der Waals surface area contributed by atoms with Crippen LogP contribution in [0.5, 0.6) is 0 Å². The van der Waals surface area contributed by atoms with Crippen molar-refractivity contribution in [3.8, 4) is 11.1 Å². The second kappa shape index (κ2) is 14.6. The zero-order chi connectivity index (χ0) is 27.5. The Bertz CT molecular complexity index is 1190. The lowest BCUT2D eigenvalue weighted by atomic mass is 9.90. The van der Waals surface area contributed by atoms with Crippen LogP contribution in [0, 0.1) is 0 Å². The number of piperidine rings is 1. The molecular weight excluding hydrogens is 472 g/mol. The number of nitrogens with zero attached hydrogens (tertiary/aromatic N) is 3. The molecular formula is C32H42N4O2. The van der Waals surface area contributed by atoms with Crippen LogP contribution < -0.4 is 5.73 Å². The van der Waals surface area contributed by atoms with E-state index in [-0.39, 0.29) is 17.7 Å². The molecule has 1 aromatic carbocycles. The summed E-state index contributed by atoms with van der Waals surface area (Å²) in [7, 11) is 0. The summed E-state index contributed by atoms with van der Waals surface area (Å²) in [5.41, 5.74) is 12.4. The maximum atomic E-state index is 13.2. The molecule has 1 saturated heterocycles. The number of aliphatic imine (C=N–C) groups is 1. The third kappa shape index (κ3) is 8.61. The third-order valence-electron chi connectivity index (χ3n) is 7.02. The third-order valence-corrected chi connectivity index (χ3v) is 7.02. The van der Waals surface area contributed by atoms with Crippen molar-refractivity contribution >= 4 is 17.6 Å². The van der Waals surface area contributed by atoms with E-state index in [1.54, 1.807) is 6.21 Å². The van der Waals surface area contributed by atoms with Crippen LogP contribution >= 0.6 is 0 Å². The molecule has 1 fully saturated rings. The van der Waals surface area contributed by atoms with Gasteiger partial charge < -0.3 is 10.8 Å². The number of hydrogen-bond acceptors (Lipinski definition) is 6. The van der Waals surface area contributed by atoms with Crippen molar-refractivity contribution in [1.82, 2.24) is 9.88 Å². The number of hydrogen-bond donors (Lipinski definition) is 2. The number of allylic oxidation sites excluding steroid dienone is 3. The topological polar surface area (TPSA) is 91.8 Å². The van der Waals surface area contributed by atoms with E-state index in [1.165, 1.54) is 0 Å². The van der Waals surface area contributed by atoms with Crippen LogP contribution in [-0.2, 0) is 17.8 Å². The van der Waals surface area contributed by atoms with Crippen LogP contribution in [-0.4, -0.2) is 46.2 Å². The Labute approximate surface area is 227 Å². The molecule has 0 atom stereocenters. The first kappa shape index (κ1) is 29.2. The Morgan fingerprint density at radius 2 is 1.95 bits per heavy atom. The minimum atomic E-state index is -0.179. The molecule has 2 heterocycles. The molecule has 202 valence electrons. The number of aliphatic hydroxyl groups is 1. The van der Waals surface area contributed by atoms with Crippen molar-refractivity contribution in [2.75, 3.05) is 13.1 Å². The van der Waals surface area contributed by atoms with E-state index in [4.69, 9.17) is 5.73 Å². The van der Waals surface area contributed by atoms with Gasteiger partial charge in [0.1, 0.15) is 5.82 Å². The highest BCUT2D eigenvalue weighted by atomic mass is 16.3. The van der Waals surface area contributed by atoms with Crippen molar-refractivity contribution in [3.05, 3.63) is 84.0 Å². The molecule has 0 amide bonds. The van der Waals surface area contributed by atoms with Gasteiger partial charge in [-0.2, -0.15) is 0 Å². The predicted octanol–water partition coefficient (Wildman–Crippen LogP) is 5.86. The normalized spacial score (nSPS) is 15.2. The van der Waals surface area contributed by atoms with Crippen LogP contribution in [0.3, 0.4) is 0 Å². The monoisotopic (exact) mass is 514 g/mol. The molecule has 0 aliphatic carbocycles. The van der Waals surface area contributed by atoms with Crippen LogP contribution in [0.25, 0.3) is 16.7 Å². The van der Waals surface area contributed by atoms with E-state index in [1.807, 2.05) is 25.4 Å². The van der Waals surface area contributed by atoms with Crippen molar-refractivity contribution in [1.29, 1.82) is 0 Å². The SMILES string of the molecule is C=C(N)N=C/C(=C\C)CCCC(=O)C(=C)c1cc(-c2cncc(CN3CCC(O)CC3)c2)ccc1CCC. The first-order valence-corrected chi connectivity index (χ1v) is 13.6. The first-order valence-electron chi connectivity index (χ1n) is 13.6. The number of nitrogens with two attached hydrogens (primary N) is 1. The smallest absolute Gasteiger partial charge is 0.162 e. The number of carbonyl (C=O) groups excluding carboxylic acids is 1. The van der Waals surface area contributed by atoms with Gasteiger partial charge in [-0.05, 0) is 79.0 Å². The molecule has 2 aromatic rings. The van der Waals surface area contributed by atoms with Crippen LogP contribution in [0.2, 0.25) is 0 Å². The fourth-order valence-corrected chi connectivity index (χ4v) is 4.80. The molecule has 3 N–H and O–H groups in total. The number of pyridine rings is 1. The average molecular weight is 515 g/mol. The largest absolute Gasteiger partial charge is 0.393 e. The summed E-state index contributed by atoms with van der Waals surface area (Å²) < 4.78 is 0. The molecule has 1 aliphatic heterocycles. The Balaban J connectivity index is 1.73. The van der Waals surface area contributed by atoms with E-state index < -0.39 is 0 Å². The molecule has 1 aromatic heterocycles. The molecule has 6 nitrogen and oxygen atoms in total. The summed E-state index contributed by atoms with van der Waals surface area (Å²) in [6, 6.07) is 8.52. The number of Topliss-reactive ketones (excluding diaryl/α,β-unsaturated/α-hetero) is 1. The zero-order valence-corrected chi connectivity index (χ0v) is 23.0. The molecule has 0 saturated carbocycles. The molecule has 6 heteroatoms. The van der Waals surface area contributed by atoms with E-state index >= 15 is 0 Å². The maximum absolute atomic E-state index is 13.2. The summed E-state index contributed by atoms with van der Waals surface area (Å²) in [5, 5.41) is 9.79. The van der Waals surface area contributed by atoms with Crippen molar-refractivity contribution in [3.63, 3.8) is 0 Å². The number of ketones is 1. The fourth-order valence-electron chi connectivity index (χ4n) is 4.80. The van der Waals surface area contributed by atoms with Crippen LogP contribution in [0.4, 0.5) is 0 Å². The summed E-state index contributed by atoms with van der Waals surface area (Å²) in [4.78, 5) is 24.1. The van der Waals surface area contributed by atoms with Gasteiger partial charge in [-0.25, -0.2) is 4.99 Å². The average Bonchev–Trinajstić information content (AvgIpc) is 2.91. The second-order valence-electron chi connectivity index (χ2n) is 10.1. The predicted molar refractivity (Wildman–Crippen MR) is 158 cm³/mol. The number of benzene rings is 1. The summed E-state index contributed by atoms with van der Waals surface area (Å²) in [6.45, 7) is 14.5. The summed E-state index contributed by atoms with van der Waals surface area (Å²) in [6.07, 6.45) is 12.7. The quantitative estimate of drug-likeness (QED) is 0.258. The summed E-state index contributed by atoms with van der Waals surface area (Å²) >= 11 is 0. The first-order chi connectivity index (χ1) is 18.3. The van der Waals surface area contributed by atoms with E-state index in [0.717, 1.165) is 85.1 Å². The Hall–Kier alpha value is -3.35. The molecule has 0 radical (unpaired) electrons. The minimum Gasteiger partial charge on any atom is -0.393 e. The van der Waals surface area contributed by atoms with E-state index in [0.29, 0.717) is 18.4 Å². The molecule has 0 unspecified atom stereocenters. The Morgan fingerprint density at radius 3 is 2.63 bits per heavy atom. The van der Waals surface area contributed by atoms with Crippen LogP contribution in [0.15, 0.2) is 72.3 Å². The number of rotatable bonds is 13. The highest BCUT2D eigenvalue weighted by Gasteiger charge is 2.18. The minimum absolute atomic E-state index is 0.0642. The molecule has 0 spiro atoms. The van der Waals surface area contributed by atoms with Gasteiger partial charge in [0.2, 0.25) is 0 Å². The molecule has 0 bridgehead atoms. The van der Waals surface area contributed by atoms with Gasteiger partial charge in [-0.3, -0.25) is 14.7 Å². The lowest BCUT2D eigenvalue weighted by molar-refractivity contribution is -0.113. The Morgan fingerprint density at radius 1 is 1.18 bits per heavy atom. The van der Waals surface area contributed by atoms with Gasteiger partial charge in [0.25, 0.3) is 0 Å². The standard InChI is InChI=1S/C32H42N4O2/c1-5-8-27-11-12-28(29-17-26(19-34-21-29)22-36-15-13-30(37)14-16-36)18-31(27)23(3)32(38)10-7-9-25(6-2)20-35-24(4)33/h6,11-12,17-21,30,37H,3-5,7-10,13-16,22,33H2,1-2H3/b25-6-,35-20?. The zero-order valence-electron chi connectivity index (χ0n) is 23.0. The van der Waals surface area contributed by atoms with Crippen molar-refractivity contribution in [2.24, 2.45) is 10.7 Å². The highest BCUT2D eigenvalue weighted by Crippen LogP contribution is 2.29. The maximum Gasteiger partial charge on any atom is 0.162 e. The number of carbonyl (C=O) groups is 1. The number of aliphatic hydroxyl groups excluding tert-OH is 1. The molecule has 3 rings (SSSR count). The van der Waals surface area contributed by atoms with Crippen LogP contribution in [0.1, 0.15) is 69.1 Å². The van der Waals surface area contributed by atoms with E-state index in [2.05, 4.69) is 59.2 Å². The number of aromatic nitrogens is 1. The fraction of sp³-hybridized carbons (Fsp3) is 0.406.